The molecule has 2 heterocycles. The van der Waals surface area contributed by atoms with Crippen LogP contribution in [-0.2, 0) is 21.3 Å². The van der Waals surface area contributed by atoms with Gasteiger partial charge in [0.25, 0.3) is 10.0 Å². The number of nitriles is 1. The Labute approximate surface area is 301 Å². The first-order valence-electron chi connectivity index (χ1n) is 15.7. The predicted octanol–water partition coefficient (Wildman–Crippen LogP) is 6.90. The Hall–Kier alpha value is -4.58. The molecule has 12 nitrogen and oxygen atoms in total. The van der Waals surface area contributed by atoms with E-state index in [1.165, 1.54) is 38.7 Å². The number of rotatable bonds is 11. The summed E-state index contributed by atoms with van der Waals surface area (Å²) in [5.74, 6) is 1.07. The van der Waals surface area contributed by atoms with Gasteiger partial charge in [-0.1, -0.05) is 23.7 Å². The Balaban J connectivity index is 1.40. The summed E-state index contributed by atoms with van der Waals surface area (Å²) < 4.78 is 56.1. The van der Waals surface area contributed by atoms with Crippen LogP contribution in [0.2, 0.25) is 5.02 Å². The molecule has 1 aromatic heterocycles. The Morgan fingerprint density at radius 1 is 1.08 bits per heavy atom. The molecule has 1 amide bonds. The van der Waals surface area contributed by atoms with E-state index >= 15 is 0 Å². The van der Waals surface area contributed by atoms with Crippen molar-refractivity contribution in [2.24, 2.45) is 5.92 Å². The first-order chi connectivity index (χ1) is 23.8. The van der Waals surface area contributed by atoms with Crippen LogP contribution in [0, 0.1) is 17.2 Å². The predicted molar refractivity (Wildman–Crippen MR) is 190 cm³/mol. The SMILES string of the molecule is COc1ccc(CN(c2ncns2)S(=O)(=O)c2ccc(OC[C@@H]3CN(C(=O)OC(C)(C)C)CCC3c3ccc(Cl)cc3)c(C#N)c2)c(OC)c1. The van der Waals surface area contributed by atoms with Crippen LogP contribution in [-0.4, -0.2) is 68.3 Å². The molecule has 0 N–H and O–H groups in total. The molecule has 2 atom stereocenters. The Morgan fingerprint density at radius 2 is 1.84 bits per heavy atom. The molecule has 1 unspecified atom stereocenters. The summed E-state index contributed by atoms with van der Waals surface area (Å²) in [6.07, 6.45) is 1.53. The lowest BCUT2D eigenvalue weighted by Gasteiger charge is -2.39. The highest BCUT2D eigenvalue weighted by Gasteiger charge is 2.35. The van der Waals surface area contributed by atoms with Crippen LogP contribution in [0.3, 0.4) is 0 Å². The summed E-state index contributed by atoms with van der Waals surface area (Å²) in [5, 5.41) is 10.9. The fraction of sp³-hybridized carbons (Fsp3) is 0.371. The summed E-state index contributed by atoms with van der Waals surface area (Å²) in [4.78, 5) is 18.7. The number of carbonyl (C=O) groups excluding carboxylic acids is 1. The number of hydrogen-bond acceptors (Lipinski definition) is 11. The lowest BCUT2D eigenvalue weighted by molar-refractivity contribution is 0.0111. The third-order valence-electron chi connectivity index (χ3n) is 8.17. The third kappa shape index (κ3) is 8.58. The second-order valence-electron chi connectivity index (χ2n) is 12.6. The van der Waals surface area contributed by atoms with Crippen LogP contribution in [0.1, 0.15) is 49.8 Å². The van der Waals surface area contributed by atoms with E-state index in [2.05, 4.69) is 15.4 Å². The van der Waals surface area contributed by atoms with Gasteiger partial charge in [0.2, 0.25) is 5.13 Å². The lowest BCUT2D eigenvalue weighted by Crippen LogP contribution is -2.46. The highest BCUT2D eigenvalue weighted by Crippen LogP contribution is 2.36. The number of benzene rings is 3. The van der Waals surface area contributed by atoms with Gasteiger partial charge in [-0.15, -0.1) is 0 Å². The van der Waals surface area contributed by atoms with E-state index < -0.39 is 21.7 Å². The van der Waals surface area contributed by atoms with Gasteiger partial charge in [0.15, 0.2) is 0 Å². The highest BCUT2D eigenvalue weighted by molar-refractivity contribution is 7.93. The Morgan fingerprint density at radius 3 is 2.48 bits per heavy atom. The smallest absolute Gasteiger partial charge is 0.410 e. The van der Waals surface area contributed by atoms with E-state index in [4.69, 9.17) is 30.5 Å². The molecule has 1 aliphatic heterocycles. The average Bonchev–Trinajstić information content (AvgIpc) is 3.63. The number of anilines is 1. The standard InChI is InChI=1S/C35H38ClN5O7S2/c1-35(2,3)48-34(42)40-15-14-30(23-6-9-27(36)10-7-23)26(19-40)21-47-31-13-12-29(16-25(31)18-37)50(43,44)41(33-38-22-39-49-33)20-24-8-11-28(45-4)17-32(24)46-5/h6-13,16-17,22,26,30H,14-15,19-21H2,1-5H3/t26-,30?/m0/s1. The summed E-state index contributed by atoms with van der Waals surface area (Å²) >= 11 is 7.08. The molecule has 264 valence electrons. The molecule has 5 rings (SSSR count). The van der Waals surface area contributed by atoms with Crippen LogP contribution < -0.4 is 18.5 Å². The number of aromatic nitrogens is 2. The third-order valence-corrected chi connectivity index (χ3v) is 11.0. The minimum Gasteiger partial charge on any atom is -0.497 e. The topological polar surface area (TPSA) is 144 Å². The maximum absolute atomic E-state index is 14.2. The Bertz CT molecular complexity index is 1950. The molecule has 50 heavy (non-hydrogen) atoms. The zero-order valence-electron chi connectivity index (χ0n) is 28.3. The second kappa shape index (κ2) is 15.5. The number of halogens is 1. The van der Waals surface area contributed by atoms with Gasteiger partial charge >= 0.3 is 6.09 Å². The number of piperidine rings is 1. The number of methoxy groups -OCH3 is 2. The van der Waals surface area contributed by atoms with Gasteiger partial charge in [0.1, 0.15) is 35.2 Å². The van der Waals surface area contributed by atoms with Gasteiger partial charge in [0.05, 0.1) is 37.8 Å². The first-order valence-corrected chi connectivity index (χ1v) is 18.3. The quantitative estimate of drug-likeness (QED) is 0.159. The fourth-order valence-electron chi connectivity index (χ4n) is 5.72. The van der Waals surface area contributed by atoms with Crippen LogP contribution in [0.15, 0.2) is 71.9 Å². The maximum atomic E-state index is 14.2. The highest BCUT2D eigenvalue weighted by atomic mass is 35.5. The number of amides is 1. The van der Waals surface area contributed by atoms with E-state index in [0.717, 1.165) is 21.4 Å². The molecule has 0 bridgehead atoms. The lowest BCUT2D eigenvalue weighted by atomic mass is 9.81. The van der Waals surface area contributed by atoms with Gasteiger partial charge in [-0.2, -0.15) is 9.64 Å². The molecule has 3 aromatic carbocycles. The maximum Gasteiger partial charge on any atom is 0.410 e. The summed E-state index contributed by atoms with van der Waals surface area (Å²) in [5.41, 5.74) is 1.01. The molecule has 4 aromatic rings. The average molecular weight is 740 g/mol. The molecular formula is C35H38ClN5O7S2. The second-order valence-corrected chi connectivity index (χ2v) is 15.7. The number of carbonyl (C=O) groups is 1. The number of likely N-dealkylation sites (tertiary alicyclic amines) is 1. The van der Waals surface area contributed by atoms with Gasteiger partial charge in [-0.25, -0.2) is 22.5 Å². The number of sulfonamides is 1. The minimum absolute atomic E-state index is 0.0338. The zero-order chi connectivity index (χ0) is 36.1. The largest absolute Gasteiger partial charge is 0.497 e. The van der Waals surface area contributed by atoms with Crippen molar-refractivity contribution < 1.29 is 32.2 Å². The molecule has 1 aliphatic rings. The van der Waals surface area contributed by atoms with E-state index in [-0.39, 0.29) is 46.3 Å². The van der Waals surface area contributed by atoms with Crippen molar-refractivity contribution in [1.29, 1.82) is 5.26 Å². The first kappa shape index (κ1) is 36.7. The van der Waals surface area contributed by atoms with Crippen molar-refractivity contribution in [3.8, 4) is 23.3 Å². The van der Waals surface area contributed by atoms with Gasteiger partial charge in [-0.05, 0) is 81.1 Å². The van der Waals surface area contributed by atoms with Gasteiger partial charge in [-0.3, -0.25) is 0 Å². The van der Waals surface area contributed by atoms with Crippen molar-refractivity contribution in [2.45, 2.75) is 50.2 Å². The molecule has 0 spiro atoms. The summed E-state index contributed by atoms with van der Waals surface area (Å²) in [7, 11) is -1.24. The zero-order valence-corrected chi connectivity index (χ0v) is 30.7. The number of hydrogen-bond donors (Lipinski definition) is 0. The van der Waals surface area contributed by atoms with Crippen molar-refractivity contribution in [2.75, 3.05) is 38.2 Å². The molecule has 1 saturated heterocycles. The van der Waals surface area contributed by atoms with Crippen molar-refractivity contribution in [1.82, 2.24) is 14.3 Å². The molecule has 15 heteroatoms. The van der Waals surface area contributed by atoms with Crippen LogP contribution in [0.4, 0.5) is 9.93 Å². The fourth-order valence-corrected chi connectivity index (χ4v) is 8.00. The van der Waals surface area contributed by atoms with E-state index in [1.807, 2.05) is 45.0 Å². The molecule has 0 saturated carbocycles. The van der Waals surface area contributed by atoms with Crippen molar-refractivity contribution in [3.63, 3.8) is 0 Å². The molecule has 1 fully saturated rings. The number of ether oxygens (including phenoxy) is 4. The van der Waals surface area contributed by atoms with E-state index in [1.54, 1.807) is 23.1 Å². The normalized spacial score (nSPS) is 16.3. The molecule has 0 radical (unpaired) electrons. The van der Waals surface area contributed by atoms with Gasteiger partial charge < -0.3 is 23.8 Å². The van der Waals surface area contributed by atoms with Crippen LogP contribution in [0.5, 0.6) is 17.2 Å². The van der Waals surface area contributed by atoms with E-state index in [9.17, 15) is 18.5 Å². The summed E-state index contributed by atoms with van der Waals surface area (Å²) in [6.45, 7) is 6.37. The van der Waals surface area contributed by atoms with E-state index in [0.29, 0.717) is 41.6 Å². The Kier molecular flexibility index (Phi) is 11.4. The number of nitrogens with zero attached hydrogens (tertiary/aromatic N) is 5. The molecule has 0 aliphatic carbocycles. The van der Waals surface area contributed by atoms with Crippen LogP contribution >= 0.6 is 23.1 Å². The summed E-state index contributed by atoms with van der Waals surface area (Å²) in [6, 6.07) is 18.9. The van der Waals surface area contributed by atoms with Crippen molar-refractivity contribution >= 4 is 44.4 Å². The minimum atomic E-state index is -4.25. The monoisotopic (exact) mass is 739 g/mol. The van der Waals surface area contributed by atoms with Crippen molar-refractivity contribution in [3.05, 3.63) is 88.7 Å². The molecular weight excluding hydrogens is 702 g/mol. The van der Waals surface area contributed by atoms with Gasteiger partial charge in [0, 0.05) is 47.2 Å². The van der Waals surface area contributed by atoms with Crippen LogP contribution in [0.25, 0.3) is 0 Å².